The highest BCUT2D eigenvalue weighted by atomic mass is 35.5. The molecule has 8 heteroatoms. The second-order valence-corrected chi connectivity index (χ2v) is 7.81. The molecule has 1 N–H and O–H groups in total. The summed E-state index contributed by atoms with van der Waals surface area (Å²) in [5.41, 5.74) is 3.20. The molecule has 3 aromatic rings. The Morgan fingerprint density at radius 1 is 1.15 bits per heavy atom. The molecule has 0 unspecified atom stereocenters. The van der Waals surface area contributed by atoms with Gasteiger partial charge in [-0.15, -0.1) is 0 Å². The van der Waals surface area contributed by atoms with Crippen LogP contribution in [0.3, 0.4) is 0 Å². The summed E-state index contributed by atoms with van der Waals surface area (Å²) in [6.07, 6.45) is 0. The number of carbonyl (C=O) groups is 1. The standard InChI is InChI=1S/C19H15Cl2N3O2S/c1-26-17-7-4-12(21)8-14(17)19(25)22-18-15-9-27-10-16(15)23-24(18)13-5-2-11(20)3-6-13/h2-8H,9-10H2,1H3,(H,22,25). The average molecular weight is 420 g/mol. The second-order valence-electron chi connectivity index (χ2n) is 5.95. The summed E-state index contributed by atoms with van der Waals surface area (Å²) in [5.74, 6) is 2.43. The molecule has 0 saturated heterocycles. The molecule has 0 radical (unpaired) electrons. The molecule has 2 heterocycles. The Morgan fingerprint density at radius 3 is 2.63 bits per heavy atom. The maximum absolute atomic E-state index is 13.0. The minimum Gasteiger partial charge on any atom is -0.496 e. The summed E-state index contributed by atoms with van der Waals surface area (Å²) < 4.78 is 7.05. The molecule has 1 aliphatic rings. The molecular weight excluding hydrogens is 405 g/mol. The normalized spacial score (nSPS) is 12.7. The largest absolute Gasteiger partial charge is 0.496 e. The number of fused-ring (bicyclic) bond motifs is 1. The van der Waals surface area contributed by atoms with Crippen molar-refractivity contribution in [3.63, 3.8) is 0 Å². The first-order valence-electron chi connectivity index (χ1n) is 8.16. The first kappa shape index (κ1) is 18.2. The lowest BCUT2D eigenvalue weighted by Gasteiger charge is -2.13. The van der Waals surface area contributed by atoms with Crippen molar-refractivity contribution < 1.29 is 9.53 Å². The third kappa shape index (κ3) is 3.52. The lowest BCUT2D eigenvalue weighted by atomic mass is 10.2. The van der Waals surface area contributed by atoms with Crippen LogP contribution in [0.1, 0.15) is 21.6 Å². The number of methoxy groups -OCH3 is 1. The Morgan fingerprint density at radius 2 is 1.89 bits per heavy atom. The highest BCUT2D eigenvalue weighted by Gasteiger charge is 2.26. The van der Waals surface area contributed by atoms with E-state index in [1.54, 1.807) is 46.8 Å². The van der Waals surface area contributed by atoms with Crippen LogP contribution in [0.5, 0.6) is 5.75 Å². The number of hydrogen-bond donors (Lipinski definition) is 1. The maximum Gasteiger partial charge on any atom is 0.260 e. The lowest BCUT2D eigenvalue weighted by Crippen LogP contribution is -2.17. The van der Waals surface area contributed by atoms with Crippen LogP contribution < -0.4 is 10.1 Å². The zero-order valence-corrected chi connectivity index (χ0v) is 16.7. The van der Waals surface area contributed by atoms with E-state index >= 15 is 0 Å². The highest BCUT2D eigenvalue weighted by Crippen LogP contribution is 2.36. The first-order valence-corrected chi connectivity index (χ1v) is 10.1. The molecule has 0 bridgehead atoms. The summed E-state index contributed by atoms with van der Waals surface area (Å²) in [4.78, 5) is 13.0. The van der Waals surface area contributed by atoms with Crippen molar-refractivity contribution in [1.29, 1.82) is 0 Å². The molecule has 4 rings (SSSR count). The zero-order chi connectivity index (χ0) is 19.0. The quantitative estimate of drug-likeness (QED) is 0.632. The van der Waals surface area contributed by atoms with Crippen molar-refractivity contribution in [2.45, 2.75) is 11.5 Å². The average Bonchev–Trinajstić information content (AvgIpc) is 3.25. The van der Waals surface area contributed by atoms with Crippen LogP contribution in [0, 0.1) is 0 Å². The van der Waals surface area contributed by atoms with Crippen LogP contribution in [0.4, 0.5) is 5.82 Å². The van der Waals surface area contributed by atoms with Gasteiger partial charge in [0.2, 0.25) is 0 Å². The fourth-order valence-corrected chi connectivity index (χ4v) is 4.28. The lowest BCUT2D eigenvalue weighted by molar-refractivity contribution is 0.102. The summed E-state index contributed by atoms with van der Waals surface area (Å²) in [6.45, 7) is 0. The molecule has 138 valence electrons. The number of nitrogens with one attached hydrogen (secondary N) is 1. The molecule has 5 nitrogen and oxygen atoms in total. The Kier molecular flexibility index (Phi) is 5.04. The Hall–Kier alpha value is -2.15. The second kappa shape index (κ2) is 7.46. The summed E-state index contributed by atoms with van der Waals surface area (Å²) in [7, 11) is 1.52. The molecule has 0 fully saturated rings. The molecule has 0 spiro atoms. The molecule has 1 aromatic heterocycles. The van der Waals surface area contributed by atoms with Crippen LogP contribution in [-0.4, -0.2) is 22.8 Å². The molecule has 1 amide bonds. The molecule has 2 aromatic carbocycles. The van der Waals surface area contributed by atoms with Crippen molar-refractivity contribution in [3.05, 3.63) is 69.3 Å². The fraction of sp³-hybridized carbons (Fsp3) is 0.158. The van der Waals surface area contributed by atoms with Crippen molar-refractivity contribution in [1.82, 2.24) is 9.78 Å². The summed E-state index contributed by atoms with van der Waals surface area (Å²) >= 11 is 13.8. The van der Waals surface area contributed by atoms with Gasteiger partial charge in [-0.2, -0.15) is 16.9 Å². The van der Waals surface area contributed by atoms with Gasteiger partial charge >= 0.3 is 0 Å². The third-order valence-corrected chi connectivity index (χ3v) is 5.72. The number of rotatable bonds is 4. The van der Waals surface area contributed by atoms with E-state index in [0.29, 0.717) is 27.2 Å². The molecule has 0 saturated carbocycles. The van der Waals surface area contributed by atoms with Gasteiger partial charge in [-0.3, -0.25) is 4.79 Å². The number of ether oxygens (including phenoxy) is 1. The molecule has 0 atom stereocenters. The van der Waals surface area contributed by atoms with E-state index in [-0.39, 0.29) is 5.91 Å². The summed E-state index contributed by atoms with van der Waals surface area (Å²) in [6, 6.07) is 12.3. The number of amides is 1. The van der Waals surface area contributed by atoms with Crippen molar-refractivity contribution in [3.8, 4) is 11.4 Å². The van der Waals surface area contributed by atoms with Gasteiger partial charge in [-0.05, 0) is 42.5 Å². The molecule has 1 aliphatic heterocycles. The minimum atomic E-state index is -0.302. The van der Waals surface area contributed by atoms with E-state index in [0.717, 1.165) is 28.5 Å². The van der Waals surface area contributed by atoms with Gasteiger partial charge in [0.25, 0.3) is 5.91 Å². The minimum absolute atomic E-state index is 0.302. The Labute approximate surface area is 170 Å². The number of carbonyl (C=O) groups excluding carboxylic acids is 1. The van der Waals surface area contributed by atoms with Crippen LogP contribution in [0.2, 0.25) is 10.0 Å². The van der Waals surface area contributed by atoms with Gasteiger partial charge in [0.15, 0.2) is 0 Å². The van der Waals surface area contributed by atoms with E-state index < -0.39 is 0 Å². The van der Waals surface area contributed by atoms with Crippen LogP contribution in [0.15, 0.2) is 42.5 Å². The molecular formula is C19H15Cl2N3O2S. The highest BCUT2D eigenvalue weighted by molar-refractivity contribution is 7.98. The number of anilines is 1. The van der Waals surface area contributed by atoms with Crippen LogP contribution >= 0.6 is 35.0 Å². The predicted octanol–water partition coefficient (Wildman–Crippen LogP) is 5.19. The van der Waals surface area contributed by atoms with Crippen molar-refractivity contribution in [2.75, 3.05) is 12.4 Å². The smallest absolute Gasteiger partial charge is 0.260 e. The SMILES string of the molecule is COc1ccc(Cl)cc1C(=O)Nc1c2c(nn1-c1ccc(Cl)cc1)CSC2. The molecule has 0 aliphatic carbocycles. The van der Waals surface area contributed by atoms with E-state index in [1.165, 1.54) is 7.11 Å². The van der Waals surface area contributed by atoms with Crippen molar-refractivity contribution >= 4 is 46.7 Å². The first-order chi connectivity index (χ1) is 13.1. The van der Waals surface area contributed by atoms with Crippen molar-refractivity contribution in [2.24, 2.45) is 0 Å². The monoisotopic (exact) mass is 419 g/mol. The Bertz CT molecular complexity index is 1020. The molecule has 27 heavy (non-hydrogen) atoms. The topological polar surface area (TPSA) is 56.1 Å². The number of benzene rings is 2. The van der Waals surface area contributed by atoms with Gasteiger partial charge in [-0.25, -0.2) is 4.68 Å². The number of halogens is 2. The van der Waals surface area contributed by atoms with Gasteiger partial charge in [0.05, 0.1) is 24.1 Å². The van der Waals surface area contributed by atoms with Crippen LogP contribution in [0.25, 0.3) is 5.69 Å². The predicted molar refractivity (Wildman–Crippen MR) is 110 cm³/mol. The summed E-state index contributed by atoms with van der Waals surface area (Å²) in [5, 5.41) is 8.78. The van der Waals surface area contributed by atoms with Gasteiger partial charge in [0, 0.05) is 27.1 Å². The van der Waals surface area contributed by atoms with E-state index in [1.807, 2.05) is 12.1 Å². The maximum atomic E-state index is 13.0. The number of nitrogens with zero attached hydrogens (tertiary/aromatic N) is 2. The number of thioether (sulfide) groups is 1. The van der Waals surface area contributed by atoms with Crippen LogP contribution in [-0.2, 0) is 11.5 Å². The number of hydrogen-bond acceptors (Lipinski definition) is 4. The number of aromatic nitrogens is 2. The van der Waals surface area contributed by atoms with E-state index in [9.17, 15) is 4.79 Å². The van der Waals surface area contributed by atoms with Gasteiger partial charge in [-0.1, -0.05) is 23.2 Å². The van der Waals surface area contributed by atoms with Gasteiger partial charge in [0.1, 0.15) is 11.6 Å². The third-order valence-electron chi connectivity index (χ3n) is 4.26. The van der Waals surface area contributed by atoms with Gasteiger partial charge < -0.3 is 10.1 Å². The van der Waals surface area contributed by atoms with E-state index in [2.05, 4.69) is 10.4 Å². The Balaban J connectivity index is 1.75. The fourth-order valence-electron chi connectivity index (χ4n) is 2.94. The van der Waals surface area contributed by atoms with E-state index in [4.69, 9.17) is 27.9 Å². The zero-order valence-electron chi connectivity index (χ0n) is 14.3.